The third kappa shape index (κ3) is 4.15. The molecule has 1 aliphatic heterocycles. The zero-order valence-electron chi connectivity index (χ0n) is 15.5. The van der Waals surface area contributed by atoms with Gasteiger partial charge in [-0.1, -0.05) is 38.0 Å². The van der Waals surface area contributed by atoms with Crippen molar-refractivity contribution in [3.05, 3.63) is 41.6 Å². The van der Waals surface area contributed by atoms with E-state index in [0.717, 1.165) is 37.7 Å². The van der Waals surface area contributed by atoms with E-state index in [1.54, 1.807) is 0 Å². The van der Waals surface area contributed by atoms with Gasteiger partial charge in [0, 0.05) is 24.2 Å². The highest BCUT2D eigenvalue weighted by Gasteiger charge is 2.24. The van der Waals surface area contributed by atoms with Crippen molar-refractivity contribution < 1.29 is 4.74 Å². The molecule has 0 atom stereocenters. The summed E-state index contributed by atoms with van der Waals surface area (Å²) in [5.41, 5.74) is 4.11. The third-order valence-corrected chi connectivity index (χ3v) is 5.58. The molecule has 24 heavy (non-hydrogen) atoms. The summed E-state index contributed by atoms with van der Waals surface area (Å²) >= 11 is 0. The van der Waals surface area contributed by atoms with Crippen LogP contribution < -0.4 is 4.74 Å². The van der Waals surface area contributed by atoms with Crippen LogP contribution in [0.1, 0.15) is 69.9 Å². The summed E-state index contributed by atoms with van der Waals surface area (Å²) in [7, 11) is 0. The zero-order chi connectivity index (χ0) is 16.9. The van der Waals surface area contributed by atoms with Crippen LogP contribution >= 0.6 is 0 Å². The fourth-order valence-electron chi connectivity index (χ4n) is 4.40. The van der Waals surface area contributed by atoms with Crippen LogP contribution in [0.4, 0.5) is 0 Å². The van der Waals surface area contributed by atoms with Crippen molar-refractivity contribution in [3.63, 3.8) is 0 Å². The summed E-state index contributed by atoms with van der Waals surface area (Å²) in [6, 6.07) is 8.05. The Morgan fingerprint density at radius 1 is 1.25 bits per heavy atom. The number of ether oxygens (including phenoxy) is 1. The average molecular weight is 328 g/mol. The molecule has 2 aliphatic rings. The fourth-order valence-corrected chi connectivity index (χ4v) is 4.40. The molecule has 0 spiro atoms. The number of rotatable bonds is 7. The lowest BCUT2D eigenvalue weighted by atomic mass is 9.92. The molecule has 2 heteroatoms. The molecule has 132 valence electrons. The largest absolute Gasteiger partial charge is 0.493 e. The second-order valence-electron chi connectivity index (χ2n) is 7.75. The van der Waals surface area contributed by atoms with Crippen LogP contribution in [-0.2, 0) is 12.8 Å². The molecule has 1 aromatic rings. The first-order valence-corrected chi connectivity index (χ1v) is 9.86. The molecule has 1 aliphatic carbocycles. The number of hydrogen-bond donors (Lipinski definition) is 0. The number of allylic oxidation sites excluding steroid dienone is 1. The van der Waals surface area contributed by atoms with Crippen molar-refractivity contribution in [3.8, 4) is 5.75 Å². The number of fused-ring (bicyclic) bond motifs is 1. The van der Waals surface area contributed by atoms with Crippen LogP contribution in [0.3, 0.4) is 0 Å². The Bertz CT molecular complexity index is 557. The second-order valence-corrected chi connectivity index (χ2v) is 7.75. The van der Waals surface area contributed by atoms with E-state index in [0.29, 0.717) is 6.04 Å². The van der Waals surface area contributed by atoms with E-state index in [1.807, 2.05) is 0 Å². The van der Waals surface area contributed by atoms with E-state index in [2.05, 4.69) is 43.5 Å². The first kappa shape index (κ1) is 17.4. The lowest BCUT2D eigenvalue weighted by Gasteiger charge is -2.40. The molecule has 0 saturated heterocycles. The molecule has 3 rings (SSSR count). The molecule has 1 fully saturated rings. The molecule has 1 aromatic carbocycles. The van der Waals surface area contributed by atoms with Gasteiger partial charge in [0.05, 0.1) is 6.61 Å². The molecule has 2 nitrogen and oxygen atoms in total. The molecular weight excluding hydrogens is 294 g/mol. The Labute approximate surface area is 147 Å². The first-order valence-electron chi connectivity index (χ1n) is 9.86. The summed E-state index contributed by atoms with van der Waals surface area (Å²) < 4.78 is 5.69. The maximum Gasteiger partial charge on any atom is 0.122 e. The fraction of sp³-hybridized carbons (Fsp3) is 0.636. The maximum absolute atomic E-state index is 5.69. The van der Waals surface area contributed by atoms with Gasteiger partial charge in [-0.3, -0.25) is 0 Å². The van der Waals surface area contributed by atoms with Gasteiger partial charge < -0.3 is 9.64 Å². The van der Waals surface area contributed by atoms with Gasteiger partial charge >= 0.3 is 0 Å². The van der Waals surface area contributed by atoms with Crippen molar-refractivity contribution >= 4 is 0 Å². The standard InChI is InChI=1S/C22H33NO/c1-17(2)23(21-10-5-4-6-11-21)18(3)8-7-9-19-12-13-20-14-15-24-22(20)16-19/h12-13,16-17,21H,3-11,14-15H2,1-2H3. The Balaban J connectivity index is 1.51. The Morgan fingerprint density at radius 2 is 2.04 bits per heavy atom. The van der Waals surface area contributed by atoms with Crippen LogP contribution in [0.5, 0.6) is 5.75 Å². The summed E-state index contributed by atoms with van der Waals surface area (Å²) in [6.07, 6.45) is 11.3. The van der Waals surface area contributed by atoms with Crippen molar-refractivity contribution in [2.24, 2.45) is 0 Å². The topological polar surface area (TPSA) is 12.5 Å². The summed E-state index contributed by atoms with van der Waals surface area (Å²) in [5.74, 6) is 1.11. The lowest BCUT2D eigenvalue weighted by molar-refractivity contribution is 0.158. The van der Waals surface area contributed by atoms with Crippen LogP contribution in [0, 0.1) is 0 Å². The Morgan fingerprint density at radius 3 is 2.79 bits per heavy atom. The predicted molar refractivity (Wildman–Crippen MR) is 102 cm³/mol. The van der Waals surface area contributed by atoms with Crippen molar-refractivity contribution in [2.45, 2.75) is 83.7 Å². The number of benzene rings is 1. The maximum atomic E-state index is 5.69. The van der Waals surface area contributed by atoms with Crippen LogP contribution in [0.2, 0.25) is 0 Å². The molecular formula is C22H33NO. The van der Waals surface area contributed by atoms with E-state index >= 15 is 0 Å². The highest BCUT2D eigenvalue weighted by Crippen LogP contribution is 2.29. The summed E-state index contributed by atoms with van der Waals surface area (Å²) in [4.78, 5) is 2.62. The number of nitrogens with zero attached hydrogens (tertiary/aromatic N) is 1. The van der Waals surface area contributed by atoms with E-state index in [4.69, 9.17) is 4.74 Å². The minimum Gasteiger partial charge on any atom is -0.493 e. The molecule has 1 heterocycles. The van der Waals surface area contributed by atoms with Crippen molar-refractivity contribution in [2.75, 3.05) is 6.61 Å². The third-order valence-electron chi connectivity index (χ3n) is 5.58. The highest BCUT2D eigenvalue weighted by molar-refractivity contribution is 5.40. The summed E-state index contributed by atoms with van der Waals surface area (Å²) in [6.45, 7) is 9.92. The van der Waals surface area contributed by atoms with Gasteiger partial charge in [0.15, 0.2) is 0 Å². The number of aryl methyl sites for hydroxylation is 1. The van der Waals surface area contributed by atoms with Gasteiger partial charge in [-0.2, -0.15) is 0 Å². The second kappa shape index (κ2) is 8.09. The van der Waals surface area contributed by atoms with Gasteiger partial charge in [0.1, 0.15) is 5.75 Å². The van der Waals surface area contributed by atoms with Gasteiger partial charge in [-0.05, 0) is 63.1 Å². The van der Waals surface area contributed by atoms with Crippen LogP contribution in [0.15, 0.2) is 30.5 Å². The van der Waals surface area contributed by atoms with Gasteiger partial charge in [-0.25, -0.2) is 0 Å². The molecule has 0 amide bonds. The van der Waals surface area contributed by atoms with Gasteiger partial charge in [0.25, 0.3) is 0 Å². The van der Waals surface area contributed by atoms with E-state index in [1.165, 1.54) is 55.3 Å². The van der Waals surface area contributed by atoms with Crippen LogP contribution in [-0.4, -0.2) is 23.6 Å². The van der Waals surface area contributed by atoms with E-state index in [-0.39, 0.29) is 0 Å². The molecule has 0 aromatic heterocycles. The highest BCUT2D eigenvalue weighted by atomic mass is 16.5. The smallest absolute Gasteiger partial charge is 0.122 e. The van der Waals surface area contributed by atoms with Crippen LogP contribution in [0.25, 0.3) is 0 Å². The van der Waals surface area contributed by atoms with Gasteiger partial charge in [0.2, 0.25) is 0 Å². The van der Waals surface area contributed by atoms with Crippen molar-refractivity contribution in [1.82, 2.24) is 4.90 Å². The molecule has 1 saturated carbocycles. The van der Waals surface area contributed by atoms with Crippen molar-refractivity contribution in [1.29, 1.82) is 0 Å². The van der Waals surface area contributed by atoms with Gasteiger partial charge in [-0.15, -0.1) is 0 Å². The first-order chi connectivity index (χ1) is 11.6. The minimum absolute atomic E-state index is 0.564. The van der Waals surface area contributed by atoms with E-state index < -0.39 is 0 Å². The Kier molecular flexibility index (Phi) is 5.86. The quantitative estimate of drug-likeness (QED) is 0.655. The lowest BCUT2D eigenvalue weighted by Crippen LogP contribution is -2.40. The zero-order valence-corrected chi connectivity index (χ0v) is 15.5. The van der Waals surface area contributed by atoms with E-state index in [9.17, 15) is 0 Å². The molecule has 0 N–H and O–H groups in total. The average Bonchev–Trinajstić information content (AvgIpc) is 3.03. The normalized spacial score (nSPS) is 17.6. The number of hydrogen-bond acceptors (Lipinski definition) is 2. The molecule has 0 bridgehead atoms. The predicted octanol–water partition coefficient (Wildman–Crippen LogP) is 5.50. The minimum atomic E-state index is 0.564. The molecule has 0 radical (unpaired) electrons. The molecule has 0 unspecified atom stereocenters. The Hall–Kier alpha value is -1.44. The summed E-state index contributed by atoms with van der Waals surface area (Å²) in [5, 5.41) is 0. The monoisotopic (exact) mass is 327 g/mol. The SMILES string of the molecule is C=C(CCCc1ccc2c(c1)OCC2)N(C(C)C)C1CCCCC1.